The highest BCUT2D eigenvalue weighted by atomic mass is 32.2. The molecule has 1 heterocycles. The molecule has 0 atom stereocenters. The van der Waals surface area contributed by atoms with Gasteiger partial charge in [0.1, 0.15) is 16.6 Å². The molecule has 2 amide bonds. The van der Waals surface area contributed by atoms with E-state index >= 15 is 0 Å². The van der Waals surface area contributed by atoms with Gasteiger partial charge in [0.25, 0.3) is 5.91 Å². The number of thiocarbonyl (C=S) groups is 1. The Balaban J connectivity index is 1.75. The number of ether oxygens (including phenoxy) is 4. The van der Waals surface area contributed by atoms with Crippen LogP contribution in [0.4, 0.5) is 5.69 Å². The number of thioether (sulfide) groups is 1. The molecule has 0 unspecified atom stereocenters. The molecule has 0 saturated carbocycles. The number of rotatable bonds is 8. The normalized spacial score (nSPS) is 14.5. The van der Waals surface area contributed by atoms with Crippen LogP contribution >= 0.6 is 24.0 Å². The zero-order valence-corrected chi connectivity index (χ0v) is 19.6. The zero-order valence-electron chi connectivity index (χ0n) is 18.0. The van der Waals surface area contributed by atoms with Gasteiger partial charge in [-0.05, 0) is 48.0 Å². The molecule has 0 aliphatic carbocycles. The van der Waals surface area contributed by atoms with Crippen LogP contribution in [0.5, 0.6) is 23.0 Å². The molecule has 1 aliphatic rings. The van der Waals surface area contributed by atoms with Crippen LogP contribution < -0.4 is 24.3 Å². The maximum atomic E-state index is 12.9. The highest BCUT2D eigenvalue weighted by molar-refractivity contribution is 8.26. The highest BCUT2D eigenvalue weighted by Gasteiger charge is 2.33. The lowest BCUT2D eigenvalue weighted by atomic mass is 10.1. The SMILES string of the molecule is COc1ccc(NC(=O)CN2C(=O)/C(=C\c3cc(OC)c(OC)c(OC)c3)SC2=S)cc1. The van der Waals surface area contributed by atoms with Crippen molar-refractivity contribution in [3.63, 3.8) is 0 Å². The summed E-state index contributed by atoms with van der Waals surface area (Å²) in [6.45, 7) is -0.191. The summed E-state index contributed by atoms with van der Waals surface area (Å²) in [4.78, 5) is 27.0. The molecule has 0 spiro atoms. The standard InChI is InChI=1S/C22H22N2O6S2/c1-27-15-7-5-14(6-8-15)23-19(25)12-24-21(26)18(32-22(24)31)11-13-9-16(28-2)20(30-4)17(10-13)29-3/h5-11H,12H2,1-4H3,(H,23,25)/b18-11+. The molecule has 168 valence electrons. The molecule has 32 heavy (non-hydrogen) atoms. The number of amides is 2. The van der Waals surface area contributed by atoms with Crippen LogP contribution in [0.25, 0.3) is 6.08 Å². The first-order valence-corrected chi connectivity index (χ1v) is 10.6. The molecule has 2 aromatic rings. The third kappa shape index (κ3) is 5.14. The van der Waals surface area contributed by atoms with E-state index in [0.29, 0.717) is 43.5 Å². The Labute approximate surface area is 195 Å². The molecule has 10 heteroatoms. The summed E-state index contributed by atoms with van der Waals surface area (Å²) >= 11 is 6.45. The monoisotopic (exact) mass is 474 g/mol. The van der Waals surface area contributed by atoms with E-state index in [1.807, 2.05) is 0 Å². The fourth-order valence-corrected chi connectivity index (χ4v) is 4.25. The molecule has 0 radical (unpaired) electrons. The van der Waals surface area contributed by atoms with Gasteiger partial charge >= 0.3 is 0 Å². The molecule has 8 nitrogen and oxygen atoms in total. The van der Waals surface area contributed by atoms with Crippen LogP contribution in [0.2, 0.25) is 0 Å². The molecule has 1 aliphatic heterocycles. The first-order valence-electron chi connectivity index (χ1n) is 9.39. The maximum absolute atomic E-state index is 12.9. The predicted octanol–water partition coefficient (Wildman–Crippen LogP) is 3.56. The molecular formula is C22H22N2O6S2. The molecule has 0 bridgehead atoms. The first kappa shape index (κ1) is 23.4. The first-order chi connectivity index (χ1) is 15.4. The summed E-state index contributed by atoms with van der Waals surface area (Å²) in [5, 5.41) is 2.74. The van der Waals surface area contributed by atoms with Crippen molar-refractivity contribution in [3.8, 4) is 23.0 Å². The van der Waals surface area contributed by atoms with Crippen LogP contribution in [-0.2, 0) is 9.59 Å². The average molecular weight is 475 g/mol. The fourth-order valence-electron chi connectivity index (χ4n) is 2.99. The summed E-state index contributed by atoms with van der Waals surface area (Å²) in [6.07, 6.45) is 1.67. The highest BCUT2D eigenvalue weighted by Crippen LogP contribution is 2.40. The Morgan fingerprint density at radius 2 is 1.66 bits per heavy atom. The van der Waals surface area contributed by atoms with Gasteiger partial charge in [0.05, 0.1) is 33.3 Å². The van der Waals surface area contributed by atoms with Crippen molar-refractivity contribution in [1.82, 2.24) is 4.90 Å². The van der Waals surface area contributed by atoms with Crippen molar-refractivity contribution >= 4 is 51.9 Å². The van der Waals surface area contributed by atoms with Gasteiger partial charge in [-0.25, -0.2) is 0 Å². The van der Waals surface area contributed by atoms with E-state index < -0.39 is 0 Å². The lowest BCUT2D eigenvalue weighted by Gasteiger charge is -2.14. The minimum Gasteiger partial charge on any atom is -0.497 e. The molecular weight excluding hydrogens is 452 g/mol. The summed E-state index contributed by atoms with van der Waals surface area (Å²) in [5.41, 5.74) is 1.26. The van der Waals surface area contributed by atoms with Crippen LogP contribution in [-0.4, -0.2) is 56.0 Å². The number of hydrogen-bond acceptors (Lipinski definition) is 8. The fraction of sp³-hybridized carbons (Fsp3) is 0.227. The van der Waals surface area contributed by atoms with Crippen molar-refractivity contribution in [1.29, 1.82) is 0 Å². The number of nitrogens with one attached hydrogen (secondary N) is 1. The Bertz CT molecular complexity index is 1040. The number of nitrogens with zero attached hydrogens (tertiary/aromatic N) is 1. The zero-order chi connectivity index (χ0) is 23.3. The second kappa shape index (κ2) is 10.4. The number of benzene rings is 2. The Hall–Kier alpha value is -3.24. The smallest absolute Gasteiger partial charge is 0.266 e. The summed E-state index contributed by atoms with van der Waals surface area (Å²) in [5.74, 6) is 1.35. The van der Waals surface area contributed by atoms with Crippen LogP contribution in [0, 0.1) is 0 Å². The average Bonchev–Trinajstić information content (AvgIpc) is 3.05. The van der Waals surface area contributed by atoms with E-state index in [-0.39, 0.29) is 18.4 Å². The van der Waals surface area contributed by atoms with E-state index in [0.717, 1.165) is 11.8 Å². The Kier molecular flexibility index (Phi) is 7.60. The summed E-state index contributed by atoms with van der Waals surface area (Å²) in [6, 6.07) is 10.3. The molecule has 1 N–H and O–H groups in total. The van der Waals surface area contributed by atoms with E-state index in [2.05, 4.69) is 5.32 Å². The van der Waals surface area contributed by atoms with Gasteiger partial charge in [0.15, 0.2) is 11.5 Å². The van der Waals surface area contributed by atoms with Gasteiger partial charge in [-0.3, -0.25) is 14.5 Å². The lowest BCUT2D eigenvalue weighted by molar-refractivity contribution is -0.126. The van der Waals surface area contributed by atoms with Gasteiger partial charge in [0, 0.05) is 5.69 Å². The number of carbonyl (C=O) groups excluding carboxylic acids is 2. The van der Waals surface area contributed by atoms with Gasteiger partial charge in [-0.15, -0.1) is 0 Å². The van der Waals surface area contributed by atoms with Crippen molar-refractivity contribution < 1.29 is 28.5 Å². The predicted molar refractivity (Wildman–Crippen MR) is 128 cm³/mol. The third-order valence-electron chi connectivity index (χ3n) is 4.53. The van der Waals surface area contributed by atoms with Crippen molar-refractivity contribution in [3.05, 3.63) is 46.9 Å². The van der Waals surface area contributed by atoms with E-state index in [9.17, 15) is 9.59 Å². The summed E-state index contributed by atoms with van der Waals surface area (Å²) in [7, 11) is 6.11. The minimum atomic E-state index is -0.361. The van der Waals surface area contributed by atoms with Gasteiger partial charge in [0.2, 0.25) is 11.7 Å². The van der Waals surface area contributed by atoms with E-state index in [1.54, 1.807) is 49.6 Å². The van der Waals surface area contributed by atoms with Gasteiger partial charge in [-0.1, -0.05) is 24.0 Å². The number of anilines is 1. The van der Waals surface area contributed by atoms with Crippen molar-refractivity contribution in [2.75, 3.05) is 40.3 Å². The van der Waals surface area contributed by atoms with E-state index in [1.165, 1.54) is 26.2 Å². The second-order valence-electron chi connectivity index (χ2n) is 6.50. The van der Waals surface area contributed by atoms with Crippen LogP contribution in [0.3, 0.4) is 0 Å². The molecule has 2 aromatic carbocycles. The number of hydrogen-bond donors (Lipinski definition) is 1. The van der Waals surface area contributed by atoms with Crippen molar-refractivity contribution in [2.24, 2.45) is 0 Å². The second-order valence-corrected chi connectivity index (χ2v) is 8.18. The molecule has 1 fully saturated rings. The molecule has 0 aromatic heterocycles. The van der Waals surface area contributed by atoms with Crippen LogP contribution in [0.1, 0.15) is 5.56 Å². The van der Waals surface area contributed by atoms with Gasteiger partial charge < -0.3 is 24.3 Å². The molecule has 1 saturated heterocycles. The number of methoxy groups -OCH3 is 4. The maximum Gasteiger partial charge on any atom is 0.266 e. The number of carbonyl (C=O) groups is 2. The topological polar surface area (TPSA) is 86.3 Å². The third-order valence-corrected chi connectivity index (χ3v) is 5.91. The Morgan fingerprint density at radius 3 is 2.19 bits per heavy atom. The lowest BCUT2D eigenvalue weighted by Crippen LogP contribution is -2.36. The van der Waals surface area contributed by atoms with Gasteiger partial charge in [-0.2, -0.15) is 0 Å². The van der Waals surface area contributed by atoms with Crippen molar-refractivity contribution in [2.45, 2.75) is 0 Å². The summed E-state index contributed by atoms with van der Waals surface area (Å²) < 4.78 is 21.4. The van der Waals surface area contributed by atoms with Crippen LogP contribution in [0.15, 0.2) is 41.3 Å². The Morgan fingerprint density at radius 1 is 1.03 bits per heavy atom. The van der Waals surface area contributed by atoms with E-state index in [4.69, 9.17) is 31.2 Å². The quantitative estimate of drug-likeness (QED) is 0.459. The molecule has 3 rings (SSSR count). The largest absolute Gasteiger partial charge is 0.497 e. The minimum absolute atomic E-state index is 0.191.